The van der Waals surface area contributed by atoms with Gasteiger partial charge >= 0.3 is 6.03 Å². The quantitative estimate of drug-likeness (QED) is 0.829. The molecule has 4 saturated carbocycles. The second-order valence-corrected chi connectivity index (χ2v) is 8.48. The number of amides is 2. The van der Waals surface area contributed by atoms with Gasteiger partial charge in [-0.2, -0.15) is 0 Å². The summed E-state index contributed by atoms with van der Waals surface area (Å²) in [7, 11) is 1.58. The number of anilines is 1. The molecule has 5 rings (SSSR count). The van der Waals surface area contributed by atoms with E-state index in [0.717, 1.165) is 24.3 Å². The molecule has 4 bridgehead atoms. The Balaban J connectivity index is 1.34. The molecule has 4 nitrogen and oxygen atoms in total. The minimum atomic E-state index is -0.146. The molecule has 4 aliphatic rings. The lowest BCUT2D eigenvalue weighted by Crippen LogP contribution is -2.51. The van der Waals surface area contributed by atoms with Crippen molar-refractivity contribution in [2.45, 2.75) is 38.5 Å². The van der Waals surface area contributed by atoms with Crippen LogP contribution in [0.3, 0.4) is 0 Å². The molecule has 0 atom stereocenters. The standard InChI is InChI=1S/C19H25ClN2O2/c1-24-17-3-2-15(7-16(17)20)22-18(23)21-11-19-8-12-4-13(9-19)6-14(5-12)10-19/h2-3,7,12-14H,4-6,8-11H2,1H3,(H2,21,22,23). The average Bonchev–Trinajstić information content (AvgIpc) is 2.52. The number of halogens is 1. The molecule has 4 fully saturated rings. The minimum absolute atomic E-state index is 0.146. The van der Waals surface area contributed by atoms with E-state index in [1.54, 1.807) is 25.3 Å². The van der Waals surface area contributed by atoms with Gasteiger partial charge in [-0.25, -0.2) is 4.79 Å². The Bertz CT molecular complexity index is 611. The Kier molecular flexibility index (Phi) is 4.11. The Morgan fingerprint density at radius 3 is 2.38 bits per heavy atom. The molecule has 0 heterocycles. The molecular weight excluding hydrogens is 324 g/mol. The first-order valence-corrected chi connectivity index (χ1v) is 9.31. The molecule has 0 aliphatic heterocycles. The second kappa shape index (κ2) is 6.14. The first-order chi connectivity index (χ1) is 11.5. The normalized spacial score (nSPS) is 33.3. The maximum Gasteiger partial charge on any atom is 0.319 e. The van der Waals surface area contributed by atoms with Gasteiger partial charge in [0.15, 0.2) is 0 Å². The maximum atomic E-state index is 12.3. The van der Waals surface area contributed by atoms with Crippen LogP contribution in [0.5, 0.6) is 5.75 Å². The SMILES string of the molecule is COc1ccc(NC(=O)NCC23CC4CC(CC(C4)C2)C3)cc1Cl. The first kappa shape index (κ1) is 16.1. The first-order valence-electron chi connectivity index (χ1n) is 8.94. The Morgan fingerprint density at radius 1 is 1.21 bits per heavy atom. The van der Waals surface area contributed by atoms with Gasteiger partial charge in [-0.3, -0.25) is 0 Å². The van der Waals surface area contributed by atoms with Gasteiger partial charge in [-0.1, -0.05) is 11.6 Å². The van der Waals surface area contributed by atoms with Gasteiger partial charge in [-0.05, 0) is 79.9 Å². The van der Waals surface area contributed by atoms with Crippen molar-refractivity contribution in [3.8, 4) is 5.75 Å². The molecule has 0 aromatic heterocycles. The van der Waals surface area contributed by atoms with E-state index in [-0.39, 0.29) is 6.03 Å². The Hall–Kier alpha value is -1.42. The number of carbonyl (C=O) groups is 1. The van der Waals surface area contributed by atoms with E-state index in [4.69, 9.17) is 16.3 Å². The van der Waals surface area contributed by atoms with Crippen LogP contribution in [0.4, 0.5) is 10.5 Å². The lowest BCUT2D eigenvalue weighted by molar-refractivity contribution is -0.0496. The molecule has 5 heteroatoms. The van der Waals surface area contributed by atoms with Crippen LogP contribution in [-0.2, 0) is 0 Å². The molecule has 1 aromatic carbocycles. The zero-order chi connectivity index (χ0) is 16.7. The summed E-state index contributed by atoms with van der Waals surface area (Å²) in [6.45, 7) is 0.798. The second-order valence-electron chi connectivity index (χ2n) is 8.07. The number of ether oxygens (including phenoxy) is 1. The summed E-state index contributed by atoms with van der Waals surface area (Å²) in [6, 6.07) is 5.13. The third-order valence-corrected chi connectivity index (χ3v) is 6.49. The summed E-state index contributed by atoms with van der Waals surface area (Å²) in [4.78, 5) is 12.3. The van der Waals surface area contributed by atoms with Gasteiger partial charge in [-0.15, -0.1) is 0 Å². The van der Waals surface area contributed by atoms with Crippen molar-refractivity contribution >= 4 is 23.3 Å². The molecule has 0 saturated heterocycles. The molecule has 24 heavy (non-hydrogen) atoms. The fourth-order valence-electron chi connectivity index (χ4n) is 5.69. The number of hydrogen-bond donors (Lipinski definition) is 2. The number of carbonyl (C=O) groups excluding carboxylic acids is 1. The van der Waals surface area contributed by atoms with Crippen LogP contribution in [0, 0.1) is 23.2 Å². The third-order valence-electron chi connectivity index (χ3n) is 6.20. The smallest absolute Gasteiger partial charge is 0.319 e. The summed E-state index contributed by atoms with van der Waals surface area (Å²) >= 11 is 6.10. The molecule has 0 spiro atoms. The minimum Gasteiger partial charge on any atom is -0.495 e. The summed E-state index contributed by atoms with van der Waals surface area (Å²) in [6.07, 6.45) is 8.18. The van der Waals surface area contributed by atoms with E-state index in [2.05, 4.69) is 10.6 Å². The van der Waals surface area contributed by atoms with Crippen LogP contribution >= 0.6 is 11.6 Å². The number of nitrogens with one attached hydrogen (secondary N) is 2. The van der Waals surface area contributed by atoms with Crippen LogP contribution in [0.2, 0.25) is 5.02 Å². The fourth-order valence-corrected chi connectivity index (χ4v) is 5.95. The molecule has 4 aliphatic carbocycles. The van der Waals surface area contributed by atoms with Gasteiger partial charge in [0.05, 0.1) is 12.1 Å². The van der Waals surface area contributed by atoms with Crippen molar-refractivity contribution in [1.82, 2.24) is 5.32 Å². The Morgan fingerprint density at radius 2 is 1.83 bits per heavy atom. The summed E-state index contributed by atoms with van der Waals surface area (Å²) < 4.78 is 5.13. The molecule has 2 N–H and O–H groups in total. The van der Waals surface area contributed by atoms with Gasteiger partial charge in [0.25, 0.3) is 0 Å². The highest BCUT2D eigenvalue weighted by molar-refractivity contribution is 6.32. The molecular formula is C19H25ClN2O2. The monoisotopic (exact) mass is 348 g/mol. The number of benzene rings is 1. The molecule has 1 aromatic rings. The fraction of sp³-hybridized carbons (Fsp3) is 0.632. The van der Waals surface area contributed by atoms with Crippen LogP contribution in [0.15, 0.2) is 18.2 Å². The van der Waals surface area contributed by atoms with Crippen LogP contribution in [0.1, 0.15) is 38.5 Å². The Labute approximate surface area is 148 Å². The zero-order valence-corrected chi connectivity index (χ0v) is 14.9. The molecule has 0 radical (unpaired) electrons. The summed E-state index contributed by atoms with van der Waals surface area (Å²) in [5.41, 5.74) is 1.03. The van der Waals surface area contributed by atoms with E-state index in [1.807, 2.05) is 0 Å². The van der Waals surface area contributed by atoms with Gasteiger partial charge < -0.3 is 15.4 Å². The summed E-state index contributed by atoms with van der Waals surface area (Å²) in [5.74, 6) is 3.32. The number of hydrogen-bond acceptors (Lipinski definition) is 2. The van der Waals surface area contributed by atoms with E-state index >= 15 is 0 Å². The van der Waals surface area contributed by atoms with Crippen LogP contribution in [0.25, 0.3) is 0 Å². The van der Waals surface area contributed by atoms with E-state index < -0.39 is 0 Å². The number of methoxy groups -OCH3 is 1. The van der Waals surface area contributed by atoms with Gasteiger partial charge in [0, 0.05) is 12.2 Å². The molecule has 0 unspecified atom stereocenters. The predicted octanol–water partition coefficient (Wildman–Crippen LogP) is 4.69. The number of urea groups is 1. The topological polar surface area (TPSA) is 50.4 Å². The predicted molar refractivity (Wildman–Crippen MR) is 95.6 cm³/mol. The highest BCUT2D eigenvalue weighted by atomic mass is 35.5. The van der Waals surface area contributed by atoms with Crippen molar-refractivity contribution in [1.29, 1.82) is 0 Å². The largest absolute Gasteiger partial charge is 0.495 e. The van der Waals surface area contributed by atoms with Crippen molar-refractivity contribution in [2.24, 2.45) is 23.2 Å². The van der Waals surface area contributed by atoms with E-state index in [1.165, 1.54) is 38.5 Å². The molecule has 130 valence electrons. The lowest BCUT2D eigenvalue weighted by Gasteiger charge is -2.56. The zero-order valence-electron chi connectivity index (χ0n) is 14.1. The van der Waals surface area contributed by atoms with Crippen molar-refractivity contribution in [3.63, 3.8) is 0 Å². The van der Waals surface area contributed by atoms with Crippen LogP contribution < -0.4 is 15.4 Å². The third kappa shape index (κ3) is 3.08. The number of rotatable bonds is 4. The van der Waals surface area contributed by atoms with Crippen molar-refractivity contribution in [3.05, 3.63) is 23.2 Å². The summed E-state index contributed by atoms with van der Waals surface area (Å²) in [5, 5.41) is 6.49. The van der Waals surface area contributed by atoms with Gasteiger partial charge in [0.2, 0.25) is 0 Å². The average molecular weight is 349 g/mol. The van der Waals surface area contributed by atoms with Crippen LogP contribution in [-0.4, -0.2) is 19.7 Å². The highest BCUT2D eigenvalue weighted by Crippen LogP contribution is 2.59. The van der Waals surface area contributed by atoms with Crippen molar-refractivity contribution < 1.29 is 9.53 Å². The van der Waals surface area contributed by atoms with Gasteiger partial charge in [0.1, 0.15) is 5.75 Å². The van der Waals surface area contributed by atoms with Crippen molar-refractivity contribution in [2.75, 3.05) is 19.0 Å². The van der Waals surface area contributed by atoms with E-state index in [9.17, 15) is 4.79 Å². The lowest BCUT2D eigenvalue weighted by atomic mass is 9.49. The van der Waals surface area contributed by atoms with E-state index in [0.29, 0.717) is 21.9 Å². The molecule has 2 amide bonds. The highest BCUT2D eigenvalue weighted by Gasteiger charge is 2.50. The maximum absolute atomic E-state index is 12.3.